The molecule has 6 heteroatoms. The normalized spacial score (nSPS) is 10.2. The Labute approximate surface area is 131 Å². The van der Waals surface area contributed by atoms with Crippen LogP contribution >= 0.6 is 0 Å². The molecule has 0 bridgehead atoms. The predicted molar refractivity (Wildman–Crippen MR) is 83.1 cm³/mol. The summed E-state index contributed by atoms with van der Waals surface area (Å²) in [4.78, 5) is 15.6. The van der Waals surface area contributed by atoms with Gasteiger partial charge in [-0.3, -0.25) is 0 Å². The van der Waals surface area contributed by atoms with Crippen molar-refractivity contribution in [1.82, 2.24) is 10.3 Å². The summed E-state index contributed by atoms with van der Waals surface area (Å²) in [5.41, 5.74) is 0.165. The van der Waals surface area contributed by atoms with Crippen LogP contribution in [0.2, 0.25) is 0 Å². The second-order valence-corrected chi connectivity index (χ2v) is 5.39. The van der Waals surface area contributed by atoms with Crippen LogP contribution in [0.25, 0.3) is 0 Å². The highest BCUT2D eigenvalue weighted by Gasteiger charge is 2.15. The first-order chi connectivity index (χ1) is 10.4. The maximum atomic E-state index is 11.4. The van der Waals surface area contributed by atoms with E-state index in [1.54, 1.807) is 12.1 Å². The summed E-state index contributed by atoms with van der Waals surface area (Å²) >= 11 is 0. The number of hydrogen-bond acceptors (Lipinski definition) is 5. The lowest BCUT2D eigenvalue weighted by molar-refractivity contribution is 0.0529. The van der Waals surface area contributed by atoms with Crippen LogP contribution in [-0.2, 0) is 4.74 Å². The van der Waals surface area contributed by atoms with E-state index >= 15 is 0 Å². The molecule has 1 amide bonds. The number of amides is 1. The van der Waals surface area contributed by atoms with Crippen molar-refractivity contribution in [2.45, 2.75) is 32.8 Å². The molecule has 0 saturated carbocycles. The Hall–Kier alpha value is -2.42. The Morgan fingerprint density at radius 2 is 2.00 bits per heavy atom. The van der Waals surface area contributed by atoms with E-state index in [2.05, 4.69) is 22.1 Å². The van der Waals surface area contributed by atoms with Crippen molar-refractivity contribution in [3.63, 3.8) is 0 Å². The van der Waals surface area contributed by atoms with Crippen molar-refractivity contribution in [3.8, 4) is 23.6 Å². The van der Waals surface area contributed by atoms with Crippen LogP contribution in [0.5, 0.6) is 11.8 Å². The quantitative estimate of drug-likeness (QED) is 0.683. The van der Waals surface area contributed by atoms with Crippen molar-refractivity contribution < 1.29 is 19.0 Å². The van der Waals surface area contributed by atoms with Gasteiger partial charge in [0.15, 0.2) is 0 Å². The molecule has 1 heterocycles. The first-order valence-electron chi connectivity index (χ1n) is 6.90. The molecule has 0 spiro atoms. The first kappa shape index (κ1) is 17.6. The third kappa shape index (κ3) is 6.35. The Morgan fingerprint density at radius 1 is 1.27 bits per heavy atom. The van der Waals surface area contributed by atoms with Gasteiger partial charge < -0.3 is 19.5 Å². The molecule has 0 fully saturated rings. The molecule has 1 N–H and O–H groups in total. The summed E-state index contributed by atoms with van der Waals surface area (Å²) in [6, 6.07) is 3.49. The van der Waals surface area contributed by atoms with Gasteiger partial charge in [0.2, 0.25) is 11.8 Å². The number of hydrogen-bond donors (Lipinski definition) is 1. The van der Waals surface area contributed by atoms with E-state index in [4.69, 9.17) is 14.2 Å². The van der Waals surface area contributed by atoms with Crippen LogP contribution in [0.4, 0.5) is 4.79 Å². The lowest BCUT2D eigenvalue weighted by atomic mass is 10.2. The molecular weight excluding hydrogens is 284 g/mol. The van der Waals surface area contributed by atoms with E-state index in [-0.39, 0.29) is 0 Å². The van der Waals surface area contributed by atoms with Crippen molar-refractivity contribution in [3.05, 3.63) is 17.7 Å². The molecule has 22 heavy (non-hydrogen) atoms. The summed E-state index contributed by atoms with van der Waals surface area (Å²) in [5.74, 6) is 6.78. The van der Waals surface area contributed by atoms with Gasteiger partial charge in [-0.05, 0) is 26.8 Å². The first-order valence-corrected chi connectivity index (χ1v) is 6.90. The molecule has 0 aliphatic heterocycles. The minimum atomic E-state index is -0.502. The van der Waals surface area contributed by atoms with Crippen LogP contribution in [0, 0.1) is 11.8 Å². The number of nitrogens with one attached hydrogen (secondary N) is 1. The fourth-order valence-electron chi connectivity index (χ4n) is 1.49. The SMILES string of the molecule is COc1ccc(C#CCCNC(=O)OC(C)(C)C)c(OC)n1. The predicted octanol–water partition coefficient (Wildman–Crippen LogP) is 2.37. The Morgan fingerprint density at radius 3 is 2.59 bits per heavy atom. The smallest absolute Gasteiger partial charge is 0.407 e. The number of alkyl carbamates (subject to hydrolysis) is 1. The van der Waals surface area contributed by atoms with Gasteiger partial charge in [0.1, 0.15) is 5.60 Å². The second-order valence-electron chi connectivity index (χ2n) is 5.39. The van der Waals surface area contributed by atoms with E-state index in [1.807, 2.05) is 20.8 Å². The number of ether oxygens (including phenoxy) is 3. The highest BCUT2D eigenvalue weighted by molar-refractivity contribution is 5.67. The average Bonchev–Trinajstić information content (AvgIpc) is 2.45. The van der Waals surface area contributed by atoms with Gasteiger partial charge in [-0.2, -0.15) is 4.98 Å². The van der Waals surface area contributed by atoms with Gasteiger partial charge in [-0.25, -0.2) is 4.79 Å². The zero-order valence-corrected chi connectivity index (χ0v) is 13.6. The van der Waals surface area contributed by atoms with Crippen LogP contribution in [-0.4, -0.2) is 37.4 Å². The monoisotopic (exact) mass is 306 g/mol. The molecule has 6 nitrogen and oxygen atoms in total. The molecule has 1 aromatic rings. The summed E-state index contributed by atoms with van der Waals surface area (Å²) in [5, 5.41) is 2.64. The number of nitrogens with zero attached hydrogens (tertiary/aromatic N) is 1. The molecule has 1 aromatic heterocycles. The van der Waals surface area contributed by atoms with Crippen LogP contribution < -0.4 is 14.8 Å². The summed E-state index contributed by atoms with van der Waals surface area (Å²) in [6.45, 7) is 5.85. The average molecular weight is 306 g/mol. The molecule has 120 valence electrons. The van der Waals surface area contributed by atoms with E-state index in [9.17, 15) is 4.79 Å². The maximum Gasteiger partial charge on any atom is 0.407 e. The maximum absolute atomic E-state index is 11.4. The van der Waals surface area contributed by atoms with E-state index in [1.165, 1.54) is 14.2 Å². The largest absolute Gasteiger partial charge is 0.481 e. The van der Waals surface area contributed by atoms with Crippen LogP contribution in [0.3, 0.4) is 0 Å². The minimum absolute atomic E-state index is 0.409. The molecule has 0 aliphatic carbocycles. The summed E-state index contributed by atoms with van der Waals surface area (Å²) in [7, 11) is 3.06. The van der Waals surface area contributed by atoms with Crippen molar-refractivity contribution in [2.24, 2.45) is 0 Å². The number of methoxy groups -OCH3 is 2. The lowest BCUT2D eigenvalue weighted by Gasteiger charge is -2.19. The Kier molecular flexibility index (Phi) is 6.51. The summed E-state index contributed by atoms with van der Waals surface area (Å²) in [6.07, 6.45) is 0.0482. The molecule has 0 atom stereocenters. The van der Waals surface area contributed by atoms with Gasteiger partial charge in [-0.15, -0.1) is 0 Å². The van der Waals surface area contributed by atoms with Gasteiger partial charge >= 0.3 is 6.09 Å². The van der Waals surface area contributed by atoms with Gasteiger partial charge in [-0.1, -0.05) is 11.8 Å². The highest BCUT2D eigenvalue weighted by atomic mass is 16.6. The van der Waals surface area contributed by atoms with E-state index < -0.39 is 11.7 Å². The van der Waals surface area contributed by atoms with Gasteiger partial charge in [0, 0.05) is 19.0 Å². The Bertz CT molecular complexity index is 568. The van der Waals surface area contributed by atoms with E-state index in [0.717, 1.165) is 0 Å². The molecule has 0 unspecified atom stereocenters. The number of aromatic nitrogens is 1. The zero-order valence-electron chi connectivity index (χ0n) is 13.6. The number of rotatable bonds is 4. The molecule has 0 aromatic carbocycles. The number of carbonyl (C=O) groups is 1. The third-order valence-corrected chi connectivity index (χ3v) is 2.38. The fourth-order valence-corrected chi connectivity index (χ4v) is 1.49. The minimum Gasteiger partial charge on any atom is -0.481 e. The third-order valence-electron chi connectivity index (χ3n) is 2.38. The van der Waals surface area contributed by atoms with Crippen LogP contribution in [0.15, 0.2) is 12.1 Å². The standard InChI is InChI=1S/C16H22N2O4/c1-16(2,3)22-15(19)17-11-7-6-8-12-9-10-13(20-4)18-14(12)21-5/h9-10H,7,11H2,1-5H3,(H,17,19). The Balaban J connectivity index is 2.50. The number of carbonyl (C=O) groups excluding carboxylic acids is 1. The molecule has 1 rings (SSSR count). The highest BCUT2D eigenvalue weighted by Crippen LogP contribution is 2.18. The van der Waals surface area contributed by atoms with Gasteiger partial charge in [0.05, 0.1) is 19.8 Å². The summed E-state index contributed by atoms with van der Waals surface area (Å²) < 4.78 is 15.3. The zero-order chi connectivity index (χ0) is 16.6. The molecule has 0 aliphatic rings. The van der Waals surface area contributed by atoms with E-state index in [0.29, 0.717) is 30.3 Å². The fraction of sp³-hybridized carbons (Fsp3) is 0.500. The van der Waals surface area contributed by atoms with Crippen molar-refractivity contribution in [1.29, 1.82) is 0 Å². The van der Waals surface area contributed by atoms with Crippen molar-refractivity contribution >= 4 is 6.09 Å². The topological polar surface area (TPSA) is 69.7 Å². The number of pyridine rings is 1. The molecule has 0 saturated heterocycles. The molecular formula is C16H22N2O4. The van der Waals surface area contributed by atoms with Gasteiger partial charge in [0.25, 0.3) is 0 Å². The molecule has 0 radical (unpaired) electrons. The van der Waals surface area contributed by atoms with Crippen molar-refractivity contribution in [2.75, 3.05) is 20.8 Å². The van der Waals surface area contributed by atoms with Crippen LogP contribution in [0.1, 0.15) is 32.8 Å². The second kappa shape index (κ2) is 8.13. The lowest BCUT2D eigenvalue weighted by Crippen LogP contribution is -2.32.